The van der Waals surface area contributed by atoms with Gasteiger partial charge in [-0.15, -0.1) is 11.8 Å². The van der Waals surface area contributed by atoms with E-state index >= 15 is 0 Å². The van der Waals surface area contributed by atoms with Crippen molar-refractivity contribution in [1.29, 1.82) is 0 Å². The Morgan fingerprint density at radius 1 is 0.879 bits per heavy atom. The van der Waals surface area contributed by atoms with Gasteiger partial charge in [-0.1, -0.05) is 30.3 Å². The summed E-state index contributed by atoms with van der Waals surface area (Å²) in [4.78, 5) is 31.5. The predicted molar refractivity (Wildman–Crippen MR) is 134 cm³/mol. The topological polar surface area (TPSA) is 61.9 Å². The van der Waals surface area contributed by atoms with Gasteiger partial charge in [0.25, 0.3) is 11.8 Å². The smallest absolute Gasteiger partial charge is 0.259 e. The number of carbonyl (C=O) groups excluding carboxylic acids is 2. The number of amides is 2. The van der Waals surface area contributed by atoms with Crippen molar-refractivity contribution in [3.63, 3.8) is 0 Å². The SMILES string of the molecule is COc1cc(SC)ccc1C(=O)Nc1ccccc1C(=O)N1CCN(c2ccccc2)CC1. The maximum atomic E-state index is 13.3. The van der Waals surface area contributed by atoms with Gasteiger partial charge in [-0.3, -0.25) is 9.59 Å². The number of hydrogen-bond acceptors (Lipinski definition) is 5. The summed E-state index contributed by atoms with van der Waals surface area (Å²) in [6.45, 7) is 2.78. The van der Waals surface area contributed by atoms with Gasteiger partial charge in [0.2, 0.25) is 0 Å². The molecule has 0 spiro atoms. The standard InChI is InChI=1S/C26H27N3O3S/c1-32-24-18-20(33-2)12-13-22(24)25(30)27-23-11-7-6-10-21(23)26(31)29-16-14-28(15-17-29)19-8-4-3-5-9-19/h3-13,18H,14-17H2,1-2H3,(H,27,30). The van der Waals surface area contributed by atoms with Crippen LogP contribution >= 0.6 is 11.8 Å². The third kappa shape index (κ3) is 5.14. The largest absolute Gasteiger partial charge is 0.496 e. The van der Waals surface area contributed by atoms with Crippen LogP contribution in [0.2, 0.25) is 0 Å². The lowest BCUT2D eigenvalue weighted by atomic mass is 10.1. The molecule has 1 aliphatic heterocycles. The summed E-state index contributed by atoms with van der Waals surface area (Å²) >= 11 is 1.58. The van der Waals surface area contributed by atoms with Crippen molar-refractivity contribution in [3.8, 4) is 5.75 Å². The highest BCUT2D eigenvalue weighted by Crippen LogP contribution is 2.27. The quantitative estimate of drug-likeness (QED) is 0.542. The van der Waals surface area contributed by atoms with Crippen molar-refractivity contribution in [2.75, 3.05) is 49.8 Å². The Kier molecular flexibility index (Phi) is 7.19. The Morgan fingerprint density at radius 2 is 1.58 bits per heavy atom. The number of hydrogen-bond donors (Lipinski definition) is 1. The number of nitrogens with zero attached hydrogens (tertiary/aromatic N) is 2. The molecule has 4 rings (SSSR count). The highest BCUT2D eigenvalue weighted by Gasteiger charge is 2.25. The van der Waals surface area contributed by atoms with Crippen LogP contribution in [-0.2, 0) is 0 Å². The maximum absolute atomic E-state index is 13.3. The molecule has 1 heterocycles. The fourth-order valence-electron chi connectivity index (χ4n) is 3.93. The van der Waals surface area contributed by atoms with Crippen LogP contribution in [0.1, 0.15) is 20.7 Å². The zero-order chi connectivity index (χ0) is 23.2. The van der Waals surface area contributed by atoms with Gasteiger partial charge in [-0.2, -0.15) is 0 Å². The van der Waals surface area contributed by atoms with Gasteiger partial charge in [0.15, 0.2) is 0 Å². The molecule has 0 aliphatic carbocycles. The number of methoxy groups -OCH3 is 1. The van der Waals surface area contributed by atoms with Crippen molar-refractivity contribution < 1.29 is 14.3 Å². The average molecular weight is 462 g/mol. The third-order valence-corrected chi connectivity index (χ3v) is 6.47. The molecule has 170 valence electrons. The van der Waals surface area contributed by atoms with Gasteiger partial charge < -0.3 is 19.9 Å². The lowest BCUT2D eigenvalue weighted by Gasteiger charge is -2.36. The van der Waals surface area contributed by atoms with Crippen LogP contribution in [0.15, 0.2) is 77.7 Å². The highest BCUT2D eigenvalue weighted by atomic mass is 32.2. The molecule has 0 aromatic heterocycles. The number of thioether (sulfide) groups is 1. The maximum Gasteiger partial charge on any atom is 0.259 e. The Labute approximate surface area is 198 Å². The number of carbonyl (C=O) groups is 2. The van der Waals surface area contributed by atoms with Crippen molar-refractivity contribution >= 4 is 35.0 Å². The summed E-state index contributed by atoms with van der Waals surface area (Å²) in [5.41, 5.74) is 2.57. The molecule has 1 N–H and O–H groups in total. The third-order valence-electron chi connectivity index (χ3n) is 5.75. The first kappa shape index (κ1) is 22.7. The number of rotatable bonds is 6. The van der Waals surface area contributed by atoms with Crippen LogP contribution in [0.5, 0.6) is 5.75 Å². The molecular weight excluding hydrogens is 434 g/mol. The Bertz CT molecular complexity index is 1130. The second kappa shape index (κ2) is 10.4. The minimum atomic E-state index is -0.311. The fourth-order valence-corrected chi connectivity index (χ4v) is 4.36. The minimum absolute atomic E-state index is 0.0803. The molecule has 1 fully saturated rings. The van der Waals surface area contributed by atoms with E-state index in [1.807, 2.05) is 53.6 Å². The average Bonchev–Trinajstić information content (AvgIpc) is 2.88. The monoisotopic (exact) mass is 461 g/mol. The second-order valence-corrected chi connectivity index (χ2v) is 8.56. The highest BCUT2D eigenvalue weighted by molar-refractivity contribution is 7.98. The number of benzene rings is 3. The second-order valence-electron chi connectivity index (χ2n) is 7.68. The van der Waals surface area contributed by atoms with E-state index in [4.69, 9.17) is 4.74 Å². The Hall–Kier alpha value is -3.45. The lowest BCUT2D eigenvalue weighted by Crippen LogP contribution is -2.48. The van der Waals surface area contributed by atoms with Gasteiger partial charge in [-0.05, 0) is 48.7 Å². The zero-order valence-electron chi connectivity index (χ0n) is 18.8. The fraction of sp³-hybridized carbons (Fsp3) is 0.231. The Morgan fingerprint density at radius 3 is 2.27 bits per heavy atom. The zero-order valence-corrected chi connectivity index (χ0v) is 19.6. The predicted octanol–water partition coefficient (Wildman–Crippen LogP) is 4.63. The van der Waals surface area contributed by atoms with Crippen molar-refractivity contribution in [1.82, 2.24) is 4.90 Å². The molecule has 0 unspecified atom stereocenters. The van der Waals surface area contributed by atoms with Gasteiger partial charge >= 0.3 is 0 Å². The first-order valence-corrected chi connectivity index (χ1v) is 12.0. The van der Waals surface area contributed by atoms with E-state index in [1.54, 1.807) is 37.1 Å². The molecule has 0 saturated carbocycles. The molecule has 0 radical (unpaired) electrons. The van der Waals surface area contributed by atoms with E-state index < -0.39 is 0 Å². The van der Waals surface area contributed by atoms with E-state index in [1.165, 1.54) is 5.69 Å². The van der Waals surface area contributed by atoms with Crippen LogP contribution in [0.25, 0.3) is 0 Å². The first-order valence-electron chi connectivity index (χ1n) is 10.8. The molecule has 33 heavy (non-hydrogen) atoms. The molecule has 0 atom stereocenters. The summed E-state index contributed by atoms with van der Waals surface area (Å²) in [6, 6.07) is 22.8. The van der Waals surface area contributed by atoms with Crippen LogP contribution < -0.4 is 15.0 Å². The van der Waals surface area contributed by atoms with E-state index in [9.17, 15) is 9.59 Å². The van der Waals surface area contributed by atoms with Crippen molar-refractivity contribution in [2.45, 2.75) is 4.90 Å². The van der Waals surface area contributed by atoms with E-state index in [-0.39, 0.29) is 11.8 Å². The van der Waals surface area contributed by atoms with Gasteiger partial charge in [0.05, 0.1) is 23.9 Å². The lowest BCUT2D eigenvalue weighted by molar-refractivity contribution is 0.0748. The van der Waals surface area contributed by atoms with Gasteiger partial charge in [0, 0.05) is 36.8 Å². The van der Waals surface area contributed by atoms with Gasteiger partial charge in [0.1, 0.15) is 5.75 Å². The van der Waals surface area contributed by atoms with Crippen LogP contribution in [0.4, 0.5) is 11.4 Å². The molecule has 3 aromatic carbocycles. The van der Waals surface area contributed by atoms with E-state index in [0.29, 0.717) is 35.7 Å². The summed E-state index contributed by atoms with van der Waals surface area (Å²) in [5.74, 6) is 0.108. The molecule has 7 heteroatoms. The summed E-state index contributed by atoms with van der Waals surface area (Å²) in [7, 11) is 1.54. The van der Waals surface area contributed by atoms with E-state index in [2.05, 4.69) is 22.3 Å². The van der Waals surface area contributed by atoms with Crippen LogP contribution in [-0.4, -0.2) is 56.3 Å². The summed E-state index contributed by atoms with van der Waals surface area (Å²) < 4.78 is 5.41. The molecule has 1 aliphatic rings. The first-order chi connectivity index (χ1) is 16.1. The molecule has 6 nitrogen and oxygen atoms in total. The molecule has 0 bridgehead atoms. The minimum Gasteiger partial charge on any atom is -0.496 e. The number of anilines is 2. The number of para-hydroxylation sites is 2. The Balaban J connectivity index is 1.48. The number of piperazine rings is 1. The van der Waals surface area contributed by atoms with E-state index in [0.717, 1.165) is 18.0 Å². The van der Waals surface area contributed by atoms with Gasteiger partial charge in [-0.25, -0.2) is 0 Å². The van der Waals surface area contributed by atoms with Crippen LogP contribution in [0.3, 0.4) is 0 Å². The molecule has 3 aromatic rings. The molecule has 2 amide bonds. The normalized spacial score (nSPS) is 13.5. The van der Waals surface area contributed by atoms with Crippen molar-refractivity contribution in [3.05, 3.63) is 83.9 Å². The van der Waals surface area contributed by atoms with Crippen molar-refractivity contribution in [2.24, 2.45) is 0 Å². The molecule has 1 saturated heterocycles. The number of nitrogens with one attached hydrogen (secondary N) is 1. The summed E-state index contributed by atoms with van der Waals surface area (Å²) in [6.07, 6.45) is 1.97. The van der Waals surface area contributed by atoms with Crippen LogP contribution in [0, 0.1) is 0 Å². The number of ether oxygens (including phenoxy) is 1. The molecular formula is C26H27N3O3S. The summed E-state index contributed by atoms with van der Waals surface area (Å²) in [5, 5.41) is 2.91.